The van der Waals surface area contributed by atoms with Crippen molar-refractivity contribution >= 4 is 5.91 Å². The molecule has 0 spiro atoms. The first kappa shape index (κ1) is 19.1. The molecule has 0 radical (unpaired) electrons. The Morgan fingerprint density at radius 1 is 1.07 bits per heavy atom. The van der Waals surface area contributed by atoms with Crippen molar-refractivity contribution in [2.45, 2.75) is 32.6 Å². The van der Waals surface area contributed by atoms with Crippen molar-refractivity contribution in [1.29, 1.82) is 0 Å². The summed E-state index contributed by atoms with van der Waals surface area (Å²) in [4.78, 5) is 22.0. The summed E-state index contributed by atoms with van der Waals surface area (Å²) in [5, 5.41) is 0. The van der Waals surface area contributed by atoms with Gasteiger partial charge in [0, 0.05) is 45.1 Å². The first-order valence-electron chi connectivity index (χ1n) is 10.7. The minimum Gasteiger partial charge on any atom is -0.341 e. The molecule has 28 heavy (non-hydrogen) atoms. The smallest absolute Gasteiger partial charge is 0.227 e. The normalized spacial score (nSPS) is 21.0. The SMILES string of the molecule is CCCN1CCN(CC2CC2)C[C@H](Cc2ccc(-c3cccnc3)cc2)C1=O. The van der Waals surface area contributed by atoms with Gasteiger partial charge in [0.15, 0.2) is 0 Å². The highest BCUT2D eigenvalue weighted by Crippen LogP contribution is 2.31. The molecule has 0 bridgehead atoms. The summed E-state index contributed by atoms with van der Waals surface area (Å²) < 4.78 is 0. The van der Waals surface area contributed by atoms with Crippen LogP contribution in [0.1, 0.15) is 31.7 Å². The second kappa shape index (κ2) is 8.87. The third-order valence-electron chi connectivity index (χ3n) is 5.96. The first-order valence-corrected chi connectivity index (χ1v) is 10.7. The summed E-state index contributed by atoms with van der Waals surface area (Å²) in [5.74, 6) is 1.28. The Morgan fingerprint density at radius 2 is 1.89 bits per heavy atom. The van der Waals surface area contributed by atoms with Crippen LogP contribution in [0.15, 0.2) is 48.8 Å². The highest BCUT2D eigenvalue weighted by molar-refractivity contribution is 5.79. The van der Waals surface area contributed by atoms with Crippen LogP contribution in [0.2, 0.25) is 0 Å². The molecular formula is C24H31N3O. The summed E-state index contributed by atoms with van der Waals surface area (Å²) in [6.07, 6.45) is 8.27. The number of pyridine rings is 1. The van der Waals surface area contributed by atoms with Crippen molar-refractivity contribution in [3.8, 4) is 11.1 Å². The quantitative estimate of drug-likeness (QED) is 0.735. The van der Waals surface area contributed by atoms with Gasteiger partial charge in [-0.3, -0.25) is 9.78 Å². The van der Waals surface area contributed by atoms with Gasteiger partial charge in [0.1, 0.15) is 0 Å². The van der Waals surface area contributed by atoms with Gasteiger partial charge in [-0.25, -0.2) is 0 Å². The van der Waals surface area contributed by atoms with Crippen LogP contribution >= 0.6 is 0 Å². The molecule has 1 saturated heterocycles. The average Bonchev–Trinajstić information content (AvgIpc) is 3.56. The predicted octanol–water partition coefficient (Wildman–Crippen LogP) is 3.87. The van der Waals surface area contributed by atoms with Crippen LogP contribution in [0.4, 0.5) is 0 Å². The molecule has 2 heterocycles. The zero-order valence-electron chi connectivity index (χ0n) is 16.9. The Hall–Kier alpha value is -2.20. The number of carbonyl (C=O) groups is 1. The molecule has 2 aromatic rings. The number of benzene rings is 1. The second-order valence-corrected chi connectivity index (χ2v) is 8.37. The molecule has 0 unspecified atom stereocenters. The van der Waals surface area contributed by atoms with E-state index in [-0.39, 0.29) is 5.92 Å². The number of amides is 1. The van der Waals surface area contributed by atoms with E-state index in [2.05, 4.69) is 52.0 Å². The highest BCUT2D eigenvalue weighted by Gasteiger charge is 2.32. The van der Waals surface area contributed by atoms with Crippen molar-refractivity contribution in [2.75, 3.05) is 32.7 Å². The van der Waals surface area contributed by atoms with Gasteiger partial charge in [-0.05, 0) is 54.4 Å². The van der Waals surface area contributed by atoms with E-state index in [1.54, 1.807) is 6.20 Å². The van der Waals surface area contributed by atoms with Crippen LogP contribution in [-0.2, 0) is 11.2 Å². The molecule has 4 heteroatoms. The monoisotopic (exact) mass is 377 g/mol. The Labute approximate surface area is 168 Å². The molecule has 2 fully saturated rings. The lowest BCUT2D eigenvalue weighted by atomic mass is 9.96. The molecule has 1 aliphatic carbocycles. The summed E-state index contributed by atoms with van der Waals surface area (Å²) in [5.41, 5.74) is 3.55. The minimum absolute atomic E-state index is 0.0667. The van der Waals surface area contributed by atoms with Crippen LogP contribution in [0.3, 0.4) is 0 Å². The minimum atomic E-state index is 0.0667. The molecule has 0 N–H and O–H groups in total. The van der Waals surface area contributed by atoms with Crippen LogP contribution in [0.5, 0.6) is 0 Å². The average molecular weight is 378 g/mol. The molecule has 148 valence electrons. The highest BCUT2D eigenvalue weighted by atomic mass is 16.2. The number of aromatic nitrogens is 1. The van der Waals surface area contributed by atoms with Gasteiger partial charge in [-0.1, -0.05) is 37.3 Å². The Balaban J connectivity index is 1.47. The molecule has 4 nitrogen and oxygen atoms in total. The van der Waals surface area contributed by atoms with E-state index in [9.17, 15) is 4.79 Å². The van der Waals surface area contributed by atoms with Crippen LogP contribution in [-0.4, -0.2) is 53.4 Å². The maximum absolute atomic E-state index is 13.2. The topological polar surface area (TPSA) is 36.4 Å². The van der Waals surface area contributed by atoms with Gasteiger partial charge >= 0.3 is 0 Å². The molecule has 2 aliphatic rings. The standard InChI is InChI=1S/C24H31N3O/c1-2-12-27-14-13-26(17-20-5-6-20)18-23(24(27)28)15-19-7-9-21(10-8-19)22-4-3-11-25-16-22/h3-4,7-11,16,20,23H,2,5-6,12-15,17-18H2,1H3/t23-/m0/s1. The largest absolute Gasteiger partial charge is 0.341 e. The van der Waals surface area contributed by atoms with E-state index in [0.717, 1.165) is 50.5 Å². The van der Waals surface area contributed by atoms with E-state index in [1.165, 1.54) is 30.5 Å². The molecule has 1 aliphatic heterocycles. The van der Waals surface area contributed by atoms with Gasteiger partial charge in [-0.15, -0.1) is 0 Å². The van der Waals surface area contributed by atoms with Crippen molar-refractivity contribution < 1.29 is 4.79 Å². The zero-order valence-corrected chi connectivity index (χ0v) is 16.9. The number of nitrogens with zero attached hydrogens (tertiary/aromatic N) is 3. The predicted molar refractivity (Wildman–Crippen MR) is 113 cm³/mol. The van der Waals surface area contributed by atoms with Crippen molar-refractivity contribution in [3.63, 3.8) is 0 Å². The van der Waals surface area contributed by atoms with Gasteiger partial charge < -0.3 is 9.80 Å². The Morgan fingerprint density at radius 3 is 2.57 bits per heavy atom. The van der Waals surface area contributed by atoms with Gasteiger partial charge in [0.2, 0.25) is 5.91 Å². The molecule has 4 rings (SSSR count). The maximum atomic E-state index is 13.2. The number of hydrogen-bond donors (Lipinski definition) is 0. The molecule has 1 aromatic carbocycles. The molecule has 1 aromatic heterocycles. The second-order valence-electron chi connectivity index (χ2n) is 8.37. The lowest BCUT2D eigenvalue weighted by molar-refractivity contribution is -0.134. The molecule has 1 atom stereocenters. The van der Waals surface area contributed by atoms with Crippen LogP contribution < -0.4 is 0 Å². The summed E-state index contributed by atoms with van der Waals surface area (Å²) in [6, 6.07) is 12.7. The van der Waals surface area contributed by atoms with Gasteiger partial charge in [0.05, 0.1) is 5.92 Å². The van der Waals surface area contributed by atoms with Crippen molar-refractivity contribution in [3.05, 3.63) is 54.4 Å². The lowest BCUT2D eigenvalue weighted by Gasteiger charge is -2.24. The van der Waals surface area contributed by atoms with Gasteiger partial charge in [0.25, 0.3) is 0 Å². The van der Waals surface area contributed by atoms with E-state index in [0.29, 0.717) is 5.91 Å². The first-order chi connectivity index (χ1) is 13.7. The number of hydrogen-bond acceptors (Lipinski definition) is 3. The third-order valence-corrected chi connectivity index (χ3v) is 5.96. The molecule has 1 amide bonds. The van der Waals surface area contributed by atoms with E-state index in [4.69, 9.17) is 0 Å². The van der Waals surface area contributed by atoms with Crippen molar-refractivity contribution in [1.82, 2.24) is 14.8 Å². The lowest BCUT2D eigenvalue weighted by Crippen LogP contribution is -2.37. The fourth-order valence-electron chi connectivity index (χ4n) is 4.24. The summed E-state index contributed by atoms with van der Waals surface area (Å²) in [7, 11) is 0. The zero-order chi connectivity index (χ0) is 19.3. The van der Waals surface area contributed by atoms with Crippen LogP contribution in [0.25, 0.3) is 11.1 Å². The molecular weight excluding hydrogens is 346 g/mol. The van der Waals surface area contributed by atoms with E-state index < -0.39 is 0 Å². The summed E-state index contributed by atoms with van der Waals surface area (Å²) in [6.45, 7) is 7.02. The fraction of sp³-hybridized carbons (Fsp3) is 0.500. The Kier molecular flexibility index (Phi) is 6.06. The number of carbonyl (C=O) groups excluding carboxylic acids is 1. The third kappa shape index (κ3) is 4.79. The van der Waals surface area contributed by atoms with E-state index in [1.807, 2.05) is 12.3 Å². The summed E-state index contributed by atoms with van der Waals surface area (Å²) >= 11 is 0. The molecule has 1 saturated carbocycles. The van der Waals surface area contributed by atoms with Crippen molar-refractivity contribution in [2.24, 2.45) is 11.8 Å². The van der Waals surface area contributed by atoms with Crippen LogP contribution in [0, 0.1) is 11.8 Å². The maximum Gasteiger partial charge on any atom is 0.227 e. The Bertz CT molecular complexity index is 770. The number of rotatable bonds is 7. The fourth-order valence-corrected chi connectivity index (χ4v) is 4.24. The van der Waals surface area contributed by atoms with E-state index >= 15 is 0 Å². The van der Waals surface area contributed by atoms with Gasteiger partial charge in [-0.2, -0.15) is 0 Å².